The Bertz CT molecular complexity index is 350. The standard InChI is InChI=1S/C10H10BrFO2/c1-6(2)10(13)14-7-3-4-9(12)8(11)5-7/h3-6H,1-2H3. The number of halogens is 2. The Morgan fingerprint density at radius 2 is 2.14 bits per heavy atom. The number of esters is 1. The highest BCUT2D eigenvalue weighted by Gasteiger charge is 2.10. The van der Waals surface area contributed by atoms with Gasteiger partial charge in [-0.3, -0.25) is 4.79 Å². The topological polar surface area (TPSA) is 26.3 Å². The molecule has 0 aliphatic heterocycles. The smallest absolute Gasteiger partial charge is 0.313 e. The predicted octanol–water partition coefficient (Wildman–Crippen LogP) is 3.15. The van der Waals surface area contributed by atoms with Gasteiger partial charge in [0.25, 0.3) is 0 Å². The number of carbonyl (C=O) groups is 1. The Balaban J connectivity index is 2.78. The molecule has 0 bridgehead atoms. The van der Waals surface area contributed by atoms with Crippen LogP contribution in [0.1, 0.15) is 13.8 Å². The summed E-state index contributed by atoms with van der Waals surface area (Å²) in [6.45, 7) is 3.47. The molecular weight excluding hydrogens is 251 g/mol. The van der Waals surface area contributed by atoms with Gasteiger partial charge in [-0.2, -0.15) is 0 Å². The lowest BCUT2D eigenvalue weighted by atomic mass is 10.2. The highest BCUT2D eigenvalue weighted by molar-refractivity contribution is 9.10. The summed E-state index contributed by atoms with van der Waals surface area (Å²) in [5.74, 6) is -0.561. The Kier molecular flexibility index (Phi) is 3.63. The zero-order valence-corrected chi connectivity index (χ0v) is 9.47. The van der Waals surface area contributed by atoms with Crippen molar-refractivity contribution in [2.75, 3.05) is 0 Å². The summed E-state index contributed by atoms with van der Waals surface area (Å²) in [6, 6.07) is 4.09. The predicted molar refractivity (Wildman–Crippen MR) is 54.6 cm³/mol. The van der Waals surface area contributed by atoms with Gasteiger partial charge in [0.15, 0.2) is 0 Å². The van der Waals surface area contributed by atoms with E-state index in [-0.39, 0.29) is 22.2 Å². The second-order valence-electron chi connectivity index (χ2n) is 3.15. The molecule has 0 heterocycles. The number of hydrogen-bond donors (Lipinski definition) is 0. The maximum Gasteiger partial charge on any atom is 0.313 e. The Labute approximate surface area is 90.2 Å². The number of benzene rings is 1. The maximum absolute atomic E-state index is 12.8. The first-order chi connectivity index (χ1) is 6.50. The van der Waals surface area contributed by atoms with E-state index in [1.807, 2.05) is 0 Å². The van der Waals surface area contributed by atoms with Crippen LogP contribution in [0.25, 0.3) is 0 Å². The van der Waals surface area contributed by atoms with E-state index in [2.05, 4.69) is 15.9 Å². The largest absolute Gasteiger partial charge is 0.426 e. The Morgan fingerprint density at radius 1 is 1.50 bits per heavy atom. The van der Waals surface area contributed by atoms with Gasteiger partial charge in [0.05, 0.1) is 10.4 Å². The minimum atomic E-state index is -0.380. The van der Waals surface area contributed by atoms with Gasteiger partial charge in [0.2, 0.25) is 0 Å². The van der Waals surface area contributed by atoms with E-state index in [1.54, 1.807) is 13.8 Å². The van der Waals surface area contributed by atoms with Crippen molar-refractivity contribution in [3.63, 3.8) is 0 Å². The van der Waals surface area contributed by atoms with E-state index in [9.17, 15) is 9.18 Å². The second-order valence-corrected chi connectivity index (χ2v) is 4.01. The molecular formula is C10H10BrFO2. The van der Waals surface area contributed by atoms with Crippen LogP contribution in [0.15, 0.2) is 22.7 Å². The van der Waals surface area contributed by atoms with Crippen molar-refractivity contribution in [3.05, 3.63) is 28.5 Å². The Hall–Kier alpha value is -0.900. The molecule has 0 unspecified atom stereocenters. The molecule has 4 heteroatoms. The summed E-state index contributed by atoms with van der Waals surface area (Å²) < 4.78 is 18.1. The summed E-state index contributed by atoms with van der Waals surface area (Å²) in [7, 11) is 0. The van der Waals surface area contributed by atoms with E-state index in [0.29, 0.717) is 5.75 Å². The van der Waals surface area contributed by atoms with Crippen LogP contribution in [-0.2, 0) is 4.79 Å². The third-order valence-electron chi connectivity index (χ3n) is 1.58. The van der Waals surface area contributed by atoms with Crippen molar-refractivity contribution >= 4 is 21.9 Å². The molecule has 0 aliphatic rings. The van der Waals surface area contributed by atoms with Crippen molar-refractivity contribution in [2.45, 2.75) is 13.8 Å². The molecule has 1 rings (SSSR count). The SMILES string of the molecule is CC(C)C(=O)Oc1ccc(F)c(Br)c1. The van der Waals surface area contributed by atoms with Crippen LogP contribution in [0.5, 0.6) is 5.75 Å². The fraction of sp³-hybridized carbons (Fsp3) is 0.300. The van der Waals surface area contributed by atoms with Crippen molar-refractivity contribution in [2.24, 2.45) is 5.92 Å². The van der Waals surface area contributed by atoms with E-state index in [0.717, 1.165) is 0 Å². The molecule has 0 saturated heterocycles. The van der Waals surface area contributed by atoms with Crippen LogP contribution >= 0.6 is 15.9 Å². The number of ether oxygens (including phenoxy) is 1. The molecule has 1 aromatic rings. The first-order valence-electron chi connectivity index (χ1n) is 4.17. The molecule has 0 fully saturated rings. The minimum absolute atomic E-state index is 0.196. The molecule has 0 amide bonds. The lowest BCUT2D eigenvalue weighted by molar-refractivity contribution is -0.137. The molecule has 0 aromatic heterocycles. The molecule has 0 radical (unpaired) electrons. The van der Waals surface area contributed by atoms with Crippen molar-refractivity contribution in [1.82, 2.24) is 0 Å². The fourth-order valence-electron chi connectivity index (χ4n) is 0.774. The van der Waals surface area contributed by atoms with Gasteiger partial charge < -0.3 is 4.74 Å². The zero-order chi connectivity index (χ0) is 10.7. The third kappa shape index (κ3) is 2.80. The van der Waals surface area contributed by atoms with Crippen molar-refractivity contribution in [1.29, 1.82) is 0 Å². The van der Waals surface area contributed by atoms with E-state index in [1.165, 1.54) is 18.2 Å². The number of rotatable bonds is 2. The number of hydrogen-bond acceptors (Lipinski definition) is 2. The zero-order valence-electron chi connectivity index (χ0n) is 7.88. The lowest BCUT2D eigenvalue weighted by Gasteiger charge is -2.06. The molecule has 0 saturated carbocycles. The van der Waals surface area contributed by atoms with Gasteiger partial charge in [0, 0.05) is 0 Å². The van der Waals surface area contributed by atoms with Crippen LogP contribution in [0.3, 0.4) is 0 Å². The summed E-state index contributed by atoms with van der Waals surface area (Å²) >= 11 is 3.01. The average Bonchev–Trinajstić information content (AvgIpc) is 2.11. The van der Waals surface area contributed by atoms with Gasteiger partial charge >= 0.3 is 5.97 Å². The average molecular weight is 261 g/mol. The monoisotopic (exact) mass is 260 g/mol. The normalized spacial score (nSPS) is 10.4. The van der Waals surface area contributed by atoms with Gasteiger partial charge in [-0.05, 0) is 34.1 Å². The second kappa shape index (κ2) is 4.55. The molecule has 0 atom stereocenters. The van der Waals surface area contributed by atoms with E-state index >= 15 is 0 Å². The quantitative estimate of drug-likeness (QED) is 0.603. The highest BCUT2D eigenvalue weighted by Crippen LogP contribution is 2.22. The van der Waals surface area contributed by atoms with Crippen LogP contribution in [0.2, 0.25) is 0 Å². The van der Waals surface area contributed by atoms with Gasteiger partial charge in [-0.1, -0.05) is 13.8 Å². The molecule has 76 valence electrons. The molecule has 0 N–H and O–H groups in total. The highest BCUT2D eigenvalue weighted by atomic mass is 79.9. The van der Waals surface area contributed by atoms with Crippen LogP contribution in [0.4, 0.5) is 4.39 Å². The van der Waals surface area contributed by atoms with Gasteiger partial charge in [0.1, 0.15) is 11.6 Å². The van der Waals surface area contributed by atoms with E-state index < -0.39 is 0 Å². The van der Waals surface area contributed by atoms with Crippen molar-refractivity contribution < 1.29 is 13.9 Å². The minimum Gasteiger partial charge on any atom is -0.426 e. The third-order valence-corrected chi connectivity index (χ3v) is 2.19. The maximum atomic E-state index is 12.8. The van der Waals surface area contributed by atoms with E-state index in [4.69, 9.17) is 4.74 Å². The number of carbonyl (C=O) groups excluding carboxylic acids is 1. The molecule has 14 heavy (non-hydrogen) atoms. The molecule has 0 aliphatic carbocycles. The summed E-state index contributed by atoms with van der Waals surface area (Å²) in [5, 5.41) is 0. The summed E-state index contributed by atoms with van der Waals surface area (Å²) in [5.41, 5.74) is 0. The van der Waals surface area contributed by atoms with Crippen LogP contribution in [0, 0.1) is 11.7 Å². The molecule has 2 nitrogen and oxygen atoms in total. The van der Waals surface area contributed by atoms with Gasteiger partial charge in [-0.15, -0.1) is 0 Å². The first-order valence-corrected chi connectivity index (χ1v) is 4.96. The lowest BCUT2D eigenvalue weighted by Crippen LogP contribution is -2.14. The van der Waals surface area contributed by atoms with Crippen LogP contribution in [-0.4, -0.2) is 5.97 Å². The summed E-state index contributed by atoms with van der Waals surface area (Å²) in [4.78, 5) is 11.2. The molecule has 0 spiro atoms. The molecule has 1 aromatic carbocycles. The summed E-state index contributed by atoms with van der Waals surface area (Å²) in [6.07, 6.45) is 0. The van der Waals surface area contributed by atoms with Gasteiger partial charge in [-0.25, -0.2) is 4.39 Å². The van der Waals surface area contributed by atoms with Crippen LogP contribution < -0.4 is 4.74 Å². The first kappa shape index (κ1) is 11.2. The fourth-order valence-corrected chi connectivity index (χ4v) is 1.13. The van der Waals surface area contributed by atoms with Crippen molar-refractivity contribution in [3.8, 4) is 5.75 Å². The Morgan fingerprint density at radius 3 is 2.64 bits per heavy atom.